The third-order valence-electron chi connectivity index (χ3n) is 1.47. The molecular formula is C7H8N2O. The van der Waals surface area contributed by atoms with Crippen LogP contribution in [0.15, 0.2) is 18.3 Å². The van der Waals surface area contributed by atoms with Crippen molar-refractivity contribution in [1.82, 2.24) is 10.3 Å². The van der Waals surface area contributed by atoms with Crippen LogP contribution in [0.3, 0.4) is 0 Å². The lowest BCUT2D eigenvalue weighted by Crippen LogP contribution is -2.25. The van der Waals surface area contributed by atoms with Gasteiger partial charge < -0.3 is 4.74 Å². The van der Waals surface area contributed by atoms with Gasteiger partial charge in [-0.1, -0.05) is 0 Å². The lowest BCUT2D eigenvalue weighted by Gasteiger charge is -2.16. The standard InChI is InChI=1S/C7H8N2O/c1-2-7-6(9-3-1)4-8-5-10-7/h1-3,8H,4-5H2. The van der Waals surface area contributed by atoms with E-state index in [-0.39, 0.29) is 0 Å². The molecule has 2 rings (SSSR count). The summed E-state index contributed by atoms with van der Waals surface area (Å²) in [6.45, 7) is 1.41. The number of fused-ring (bicyclic) bond motifs is 1. The van der Waals surface area contributed by atoms with Crippen molar-refractivity contribution in [2.45, 2.75) is 6.54 Å². The molecule has 0 radical (unpaired) electrons. The average Bonchev–Trinajstić information content (AvgIpc) is 2.05. The Kier molecular flexibility index (Phi) is 1.29. The number of hydrogen-bond acceptors (Lipinski definition) is 3. The highest BCUT2D eigenvalue weighted by atomic mass is 16.5. The molecule has 1 aromatic heterocycles. The number of nitrogens with zero attached hydrogens (tertiary/aromatic N) is 1. The molecule has 0 aromatic carbocycles. The molecule has 3 nitrogen and oxygen atoms in total. The van der Waals surface area contributed by atoms with Gasteiger partial charge in [0.1, 0.15) is 12.5 Å². The second-order valence-corrected chi connectivity index (χ2v) is 2.16. The summed E-state index contributed by atoms with van der Waals surface area (Å²) in [6, 6.07) is 3.81. The summed E-state index contributed by atoms with van der Waals surface area (Å²) in [5, 5.41) is 3.06. The van der Waals surface area contributed by atoms with E-state index >= 15 is 0 Å². The number of pyridine rings is 1. The fourth-order valence-corrected chi connectivity index (χ4v) is 0.986. The van der Waals surface area contributed by atoms with Crippen molar-refractivity contribution in [3.8, 4) is 5.75 Å². The van der Waals surface area contributed by atoms with Gasteiger partial charge >= 0.3 is 0 Å². The highest BCUT2D eigenvalue weighted by Crippen LogP contribution is 2.16. The van der Waals surface area contributed by atoms with Crippen LogP contribution in [0.5, 0.6) is 5.75 Å². The van der Waals surface area contributed by atoms with E-state index in [0.717, 1.165) is 18.0 Å². The topological polar surface area (TPSA) is 34.1 Å². The molecule has 1 aromatic rings. The normalized spacial score (nSPS) is 15.6. The van der Waals surface area contributed by atoms with E-state index in [2.05, 4.69) is 10.3 Å². The number of ether oxygens (including phenoxy) is 1. The van der Waals surface area contributed by atoms with E-state index in [0.29, 0.717) is 6.73 Å². The molecule has 1 N–H and O–H groups in total. The average molecular weight is 136 g/mol. The van der Waals surface area contributed by atoms with Crippen LogP contribution in [0.1, 0.15) is 5.69 Å². The zero-order valence-corrected chi connectivity index (χ0v) is 5.50. The molecule has 0 saturated carbocycles. The molecular weight excluding hydrogens is 128 g/mol. The van der Waals surface area contributed by atoms with E-state index < -0.39 is 0 Å². The maximum Gasteiger partial charge on any atom is 0.144 e. The molecule has 0 bridgehead atoms. The Morgan fingerprint density at radius 2 is 2.60 bits per heavy atom. The molecule has 52 valence electrons. The Labute approximate surface area is 59.0 Å². The van der Waals surface area contributed by atoms with Crippen LogP contribution in [-0.4, -0.2) is 11.7 Å². The van der Waals surface area contributed by atoms with Crippen LogP contribution in [0.25, 0.3) is 0 Å². The first kappa shape index (κ1) is 5.68. The van der Waals surface area contributed by atoms with Crippen molar-refractivity contribution in [3.63, 3.8) is 0 Å². The van der Waals surface area contributed by atoms with Crippen LogP contribution in [0.2, 0.25) is 0 Å². The Balaban J connectivity index is 2.41. The molecule has 0 saturated heterocycles. The number of nitrogens with one attached hydrogen (secondary N) is 1. The summed E-state index contributed by atoms with van der Waals surface area (Å²) >= 11 is 0. The zero-order valence-electron chi connectivity index (χ0n) is 5.50. The van der Waals surface area contributed by atoms with Crippen molar-refractivity contribution >= 4 is 0 Å². The first-order chi connectivity index (χ1) is 4.97. The van der Waals surface area contributed by atoms with E-state index in [1.54, 1.807) is 6.20 Å². The molecule has 1 aliphatic rings. The van der Waals surface area contributed by atoms with Gasteiger partial charge in [0.25, 0.3) is 0 Å². The van der Waals surface area contributed by atoms with Crippen molar-refractivity contribution < 1.29 is 4.74 Å². The van der Waals surface area contributed by atoms with E-state index in [1.165, 1.54) is 0 Å². The fourth-order valence-electron chi connectivity index (χ4n) is 0.986. The summed E-state index contributed by atoms with van der Waals surface area (Å²) in [5.41, 5.74) is 0.994. The zero-order chi connectivity index (χ0) is 6.81. The number of aromatic nitrogens is 1. The number of hydrogen-bond donors (Lipinski definition) is 1. The molecule has 0 fully saturated rings. The maximum absolute atomic E-state index is 5.25. The first-order valence-electron chi connectivity index (χ1n) is 3.24. The molecule has 0 aliphatic carbocycles. The molecule has 3 heteroatoms. The second kappa shape index (κ2) is 2.27. The van der Waals surface area contributed by atoms with Crippen LogP contribution in [-0.2, 0) is 6.54 Å². The van der Waals surface area contributed by atoms with Crippen LogP contribution >= 0.6 is 0 Å². The van der Waals surface area contributed by atoms with Gasteiger partial charge in [0, 0.05) is 12.7 Å². The largest absolute Gasteiger partial charge is 0.476 e. The van der Waals surface area contributed by atoms with Crippen molar-refractivity contribution in [1.29, 1.82) is 0 Å². The molecule has 10 heavy (non-hydrogen) atoms. The van der Waals surface area contributed by atoms with Gasteiger partial charge in [-0.05, 0) is 12.1 Å². The van der Waals surface area contributed by atoms with Crippen molar-refractivity contribution in [3.05, 3.63) is 24.0 Å². The van der Waals surface area contributed by atoms with Gasteiger partial charge in [0.2, 0.25) is 0 Å². The Morgan fingerprint density at radius 1 is 1.60 bits per heavy atom. The third kappa shape index (κ3) is 0.844. The summed E-state index contributed by atoms with van der Waals surface area (Å²) in [4.78, 5) is 4.13. The molecule has 0 spiro atoms. The quantitative estimate of drug-likeness (QED) is 0.564. The van der Waals surface area contributed by atoms with Crippen molar-refractivity contribution in [2.24, 2.45) is 0 Å². The molecule has 0 unspecified atom stereocenters. The monoisotopic (exact) mass is 136 g/mol. The summed E-state index contributed by atoms with van der Waals surface area (Å²) in [5.74, 6) is 0.904. The predicted octanol–water partition coefficient (Wildman–Crippen LogP) is 0.521. The second-order valence-electron chi connectivity index (χ2n) is 2.16. The van der Waals surface area contributed by atoms with E-state index in [4.69, 9.17) is 4.74 Å². The fraction of sp³-hybridized carbons (Fsp3) is 0.286. The molecule has 1 aliphatic heterocycles. The van der Waals surface area contributed by atoms with Gasteiger partial charge in [-0.25, -0.2) is 0 Å². The minimum Gasteiger partial charge on any atom is -0.476 e. The predicted molar refractivity (Wildman–Crippen MR) is 36.6 cm³/mol. The van der Waals surface area contributed by atoms with Gasteiger partial charge in [-0.2, -0.15) is 0 Å². The van der Waals surface area contributed by atoms with Gasteiger partial charge in [-0.3, -0.25) is 10.3 Å². The van der Waals surface area contributed by atoms with Crippen molar-refractivity contribution in [2.75, 3.05) is 6.73 Å². The van der Waals surface area contributed by atoms with Gasteiger partial charge in [0.05, 0.1) is 5.69 Å². The van der Waals surface area contributed by atoms with Gasteiger partial charge in [0.15, 0.2) is 0 Å². The lowest BCUT2D eigenvalue weighted by molar-refractivity contribution is 0.253. The van der Waals surface area contributed by atoms with E-state index in [1.807, 2.05) is 12.1 Å². The molecule has 0 amide bonds. The Bertz CT molecular complexity index is 212. The minimum absolute atomic E-state index is 0.596. The summed E-state index contributed by atoms with van der Waals surface area (Å²) in [6.07, 6.45) is 1.77. The van der Waals surface area contributed by atoms with Crippen LogP contribution in [0.4, 0.5) is 0 Å². The third-order valence-corrected chi connectivity index (χ3v) is 1.47. The lowest BCUT2D eigenvalue weighted by atomic mass is 10.3. The number of rotatable bonds is 0. The molecule has 0 atom stereocenters. The van der Waals surface area contributed by atoms with Gasteiger partial charge in [-0.15, -0.1) is 0 Å². The highest BCUT2D eigenvalue weighted by Gasteiger charge is 2.07. The smallest absolute Gasteiger partial charge is 0.144 e. The highest BCUT2D eigenvalue weighted by molar-refractivity contribution is 5.27. The van der Waals surface area contributed by atoms with E-state index in [9.17, 15) is 0 Å². The first-order valence-corrected chi connectivity index (χ1v) is 3.24. The van der Waals surface area contributed by atoms with Crippen LogP contribution in [0, 0.1) is 0 Å². The Morgan fingerprint density at radius 3 is 3.50 bits per heavy atom. The summed E-state index contributed by atoms with van der Waals surface area (Å²) in [7, 11) is 0. The molecule has 2 heterocycles. The van der Waals surface area contributed by atoms with Crippen LogP contribution < -0.4 is 10.1 Å². The summed E-state index contributed by atoms with van der Waals surface area (Å²) < 4.78 is 5.25. The SMILES string of the molecule is c1cnc2c(c1)OCNC2. The Hall–Kier alpha value is -1.09. The minimum atomic E-state index is 0.596. The maximum atomic E-state index is 5.25.